The highest BCUT2D eigenvalue weighted by molar-refractivity contribution is 5.97. The number of nitrogens with one attached hydrogen (secondary N) is 1. The summed E-state index contributed by atoms with van der Waals surface area (Å²) in [6.45, 7) is 2.74. The van der Waals surface area contributed by atoms with E-state index in [1.165, 1.54) is 18.9 Å². The highest BCUT2D eigenvalue weighted by Gasteiger charge is 2.22. The average Bonchev–Trinajstić information content (AvgIpc) is 2.82. The second-order valence-electron chi connectivity index (χ2n) is 5.19. The Kier molecular flexibility index (Phi) is 4.37. The van der Waals surface area contributed by atoms with Gasteiger partial charge in [0.1, 0.15) is 5.82 Å². The molecular weight excluding hydrogens is 245 g/mol. The molecular formula is C14H20FN3O. The van der Waals surface area contributed by atoms with Crippen LogP contribution in [0.3, 0.4) is 0 Å². The van der Waals surface area contributed by atoms with Crippen LogP contribution < -0.4 is 11.1 Å². The van der Waals surface area contributed by atoms with Crippen molar-refractivity contribution >= 4 is 5.84 Å². The molecule has 2 rings (SSSR count). The molecule has 0 radical (unpaired) electrons. The minimum absolute atomic E-state index is 0.0807. The van der Waals surface area contributed by atoms with Crippen LogP contribution in [0.2, 0.25) is 0 Å². The summed E-state index contributed by atoms with van der Waals surface area (Å²) < 4.78 is 13.9. The predicted molar refractivity (Wildman–Crippen MR) is 72.6 cm³/mol. The van der Waals surface area contributed by atoms with Gasteiger partial charge < -0.3 is 16.3 Å². The van der Waals surface area contributed by atoms with Crippen molar-refractivity contribution in [2.45, 2.75) is 38.8 Å². The van der Waals surface area contributed by atoms with Gasteiger partial charge in [-0.1, -0.05) is 30.6 Å². The molecule has 0 saturated heterocycles. The summed E-state index contributed by atoms with van der Waals surface area (Å²) in [5.74, 6) is 0.240. The fourth-order valence-electron chi connectivity index (χ4n) is 2.60. The van der Waals surface area contributed by atoms with Crippen LogP contribution >= 0.6 is 0 Å². The summed E-state index contributed by atoms with van der Waals surface area (Å²) in [6.07, 6.45) is 3.64. The van der Waals surface area contributed by atoms with E-state index in [2.05, 4.69) is 17.4 Å². The number of amidine groups is 1. The summed E-state index contributed by atoms with van der Waals surface area (Å²) in [5, 5.41) is 14.8. The molecule has 0 bridgehead atoms. The van der Waals surface area contributed by atoms with Crippen molar-refractivity contribution in [1.82, 2.24) is 5.32 Å². The lowest BCUT2D eigenvalue weighted by atomic mass is 10.1. The lowest BCUT2D eigenvalue weighted by molar-refractivity contribution is 0.318. The number of oxime groups is 1. The summed E-state index contributed by atoms with van der Waals surface area (Å²) in [7, 11) is 0. The molecule has 0 spiro atoms. The Hall–Kier alpha value is -1.62. The van der Waals surface area contributed by atoms with Gasteiger partial charge in [0.15, 0.2) is 5.84 Å². The van der Waals surface area contributed by atoms with Crippen LogP contribution in [0.4, 0.5) is 4.39 Å². The molecule has 2 unspecified atom stereocenters. The zero-order valence-corrected chi connectivity index (χ0v) is 11.1. The van der Waals surface area contributed by atoms with Gasteiger partial charge in [-0.05, 0) is 24.8 Å². The van der Waals surface area contributed by atoms with Gasteiger partial charge >= 0.3 is 0 Å². The molecule has 2 atom stereocenters. The van der Waals surface area contributed by atoms with Gasteiger partial charge in [-0.2, -0.15) is 0 Å². The molecule has 0 amide bonds. The third-order valence-corrected chi connectivity index (χ3v) is 3.87. The summed E-state index contributed by atoms with van der Waals surface area (Å²) >= 11 is 0. The third-order valence-electron chi connectivity index (χ3n) is 3.87. The molecule has 4 nitrogen and oxygen atoms in total. The largest absolute Gasteiger partial charge is 0.409 e. The van der Waals surface area contributed by atoms with Crippen molar-refractivity contribution in [1.29, 1.82) is 0 Å². The van der Waals surface area contributed by atoms with E-state index in [1.54, 1.807) is 12.1 Å². The van der Waals surface area contributed by atoms with Gasteiger partial charge in [0, 0.05) is 23.7 Å². The monoisotopic (exact) mass is 265 g/mol. The van der Waals surface area contributed by atoms with E-state index in [1.807, 2.05) is 0 Å². The molecule has 4 N–H and O–H groups in total. The lowest BCUT2D eigenvalue weighted by Gasteiger charge is -2.17. The topological polar surface area (TPSA) is 70.6 Å². The maximum absolute atomic E-state index is 13.9. The summed E-state index contributed by atoms with van der Waals surface area (Å²) in [4.78, 5) is 0. The zero-order chi connectivity index (χ0) is 13.8. The number of nitrogens with two attached hydrogens (primary N) is 1. The first-order chi connectivity index (χ1) is 9.11. The van der Waals surface area contributed by atoms with E-state index in [4.69, 9.17) is 10.9 Å². The van der Waals surface area contributed by atoms with Crippen LogP contribution in [-0.4, -0.2) is 17.1 Å². The number of hydrogen-bond acceptors (Lipinski definition) is 3. The summed E-state index contributed by atoms with van der Waals surface area (Å²) in [5.41, 5.74) is 6.41. The second kappa shape index (κ2) is 6.02. The molecule has 19 heavy (non-hydrogen) atoms. The number of benzene rings is 1. The van der Waals surface area contributed by atoms with E-state index in [-0.39, 0.29) is 11.7 Å². The van der Waals surface area contributed by atoms with Crippen molar-refractivity contribution in [3.8, 4) is 0 Å². The minimum Gasteiger partial charge on any atom is -0.409 e. The fourth-order valence-corrected chi connectivity index (χ4v) is 2.60. The molecule has 104 valence electrons. The molecule has 0 aromatic heterocycles. The van der Waals surface area contributed by atoms with Crippen molar-refractivity contribution in [2.24, 2.45) is 16.8 Å². The Bertz CT molecular complexity index is 476. The quantitative estimate of drug-likeness (QED) is 0.338. The molecule has 5 heteroatoms. The van der Waals surface area contributed by atoms with Crippen molar-refractivity contribution in [2.75, 3.05) is 0 Å². The van der Waals surface area contributed by atoms with Crippen molar-refractivity contribution < 1.29 is 9.60 Å². The lowest BCUT2D eigenvalue weighted by Crippen LogP contribution is -2.30. The minimum atomic E-state index is -0.331. The highest BCUT2D eigenvalue weighted by Crippen LogP contribution is 2.25. The molecule has 1 aliphatic rings. The highest BCUT2D eigenvalue weighted by atomic mass is 19.1. The zero-order valence-electron chi connectivity index (χ0n) is 11.1. The van der Waals surface area contributed by atoms with E-state index in [0.29, 0.717) is 29.6 Å². The van der Waals surface area contributed by atoms with E-state index in [9.17, 15) is 4.39 Å². The first-order valence-corrected chi connectivity index (χ1v) is 6.61. The number of hydrogen-bond donors (Lipinski definition) is 3. The first-order valence-electron chi connectivity index (χ1n) is 6.61. The normalized spacial score (nSPS) is 23.8. The van der Waals surface area contributed by atoms with E-state index < -0.39 is 0 Å². The third kappa shape index (κ3) is 3.23. The molecule has 0 heterocycles. The average molecular weight is 265 g/mol. The Morgan fingerprint density at radius 3 is 2.89 bits per heavy atom. The molecule has 1 aromatic rings. The van der Waals surface area contributed by atoms with Gasteiger partial charge in [0.05, 0.1) is 0 Å². The fraction of sp³-hybridized carbons (Fsp3) is 0.500. The molecule has 1 aliphatic carbocycles. The Morgan fingerprint density at radius 2 is 2.32 bits per heavy atom. The summed E-state index contributed by atoms with van der Waals surface area (Å²) in [6, 6.07) is 5.11. The molecule has 1 fully saturated rings. The van der Waals surface area contributed by atoms with Crippen LogP contribution in [0.1, 0.15) is 37.3 Å². The number of nitrogens with zero attached hydrogens (tertiary/aromatic N) is 1. The van der Waals surface area contributed by atoms with Crippen molar-refractivity contribution in [3.05, 3.63) is 35.1 Å². The Labute approximate surface area is 112 Å². The van der Waals surface area contributed by atoms with Gasteiger partial charge in [-0.3, -0.25) is 0 Å². The maximum Gasteiger partial charge on any atom is 0.170 e. The van der Waals surface area contributed by atoms with Crippen LogP contribution in [0.5, 0.6) is 0 Å². The number of halogens is 1. The van der Waals surface area contributed by atoms with Gasteiger partial charge in [-0.25, -0.2) is 4.39 Å². The van der Waals surface area contributed by atoms with Crippen LogP contribution in [0.15, 0.2) is 23.4 Å². The molecule has 1 saturated carbocycles. The van der Waals surface area contributed by atoms with E-state index in [0.717, 1.165) is 6.42 Å². The van der Waals surface area contributed by atoms with E-state index >= 15 is 0 Å². The second-order valence-corrected chi connectivity index (χ2v) is 5.19. The SMILES string of the molecule is CC1CCCC1NCc1ccc(C(N)=NO)cc1F. The molecule has 0 aliphatic heterocycles. The van der Waals surface area contributed by atoms with Gasteiger partial charge in [-0.15, -0.1) is 0 Å². The van der Waals surface area contributed by atoms with Crippen LogP contribution in [-0.2, 0) is 6.54 Å². The van der Waals surface area contributed by atoms with Crippen LogP contribution in [0.25, 0.3) is 0 Å². The van der Waals surface area contributed by atoms with Crippen molar-refractivity contribution in [3.63, 3.8) is 0 Å². The number of rotatable bonds is 4. The van der Waals surface area contributed by atoms with Gasteiger partial charge in [0.25, 0.3) is 0 Å². The Morgan fingerprint density at radius 1 is 1.53 bits per heavy atom. The van der Waals surface area contributed by atoms with Gasteiger partial charge in [0.2, 0.25) is 0 Å². The first kappa shape index (κ1) is 13.8. The van der Waals surface area contributed by atoms with Crippen LogP contribution in [0, 0.1) is 11.7 Å². The predicted octanol–water partition coefficient (Wildman–Crippen LogP) is 2.20. The standard InChI is InChI=1S/C14H20FN3O/c1-9-3-2-4-13(9)17-8-11-6-5-10(7-12(11)15)14(16)18-19/h5-7,9,13,17,19H,2-4,8H2,1H3,(H2,16,18). The maximum atomic E-state index is 13.9. The smallest absolute Gasteiger partial charge is 0.170 e. The molecule has 1 aromatic carbocycles. The Balaban J connectivity index is 2.01.